The van der Waals surface area contributed by atoms with E-state index in [1.165, 1.54) is 12.1 Å². The van der Waals surface area contributed by atoms with Crippen molar-refractivity contribution in [3.05, 3.63) is 35.9 Å². The number of hydrogen-bond donors (Lipinski definition) is 0. The van der Waals surface area contributed by atoms with Crippen molar-refractivity contribution in [2.24, 2.45) is 0 Å². The molecule has 0 saturated heterocycles. The summed E-state index contributed by atoms with van der Waals surface area (Å²) in [4.78, 5) is 0. The molecule has 1 aromatic carbocycles. The lowest BCUT2D eigenvalue weighted by molar-refractivity contribution is -0.137. The Morgan fingerprint density at radius 1 is 1.07 bits per heavy atom. The maximum atomic E-state index is 11.8. The van der Waals surface area contributed by atoms with Crippen LogP contribution in [0.3, 0.4) is 0 Å². The van der Waals surface area contributed by atoms with Crippen LogP contribution in [0.15, 0.2) is 24.3 Å². The van der Waals surface area contributed by atoms with Gasteiger partial charge in [-0.25, -0.2) is 30.1 Å². The first-order valence-electron chi connectivity index (χ1n) is 3.29. The minimum Gasteiger partial charge on any atom is -0.214 e. The first kappa shape index (κ1) is 14.4. The molecule has 0 fully saturated rings. The molecule has 0 spiro atoms. The predicted molar refractivity (Wildman–Crippen MR) is 53.6 cm³/mol. The largest absolute Gasteiger partial charge is 0.643 e. The molecule has 0 aliphatic heterocycles. The quantitative estimate of drug-likeness (QED) is 0.624. The summed E-state index contributed by atoms with van der Waals surface area (Å²) in [7, 11) is 14.8. The highest BCUT2D eigenvalue weighted by molar-refractivity contribution is 7.54. The average Bonchev–Trinajstić information content (AvgIpc) is 2.03. The summed E-state index contributed by atoms with van der Waals surface area (Å²) >= 11 is -1.72. The molecule has 0 amide bonds. The number of halogens is 6. The molecular formula is C7H4AlCl3F3. The zero-order chi connectivity index (χ0) is 11.2. The summed E-state index contributed by atoms with van der Waals surface area (Å²) in [6.07, 6.45) is -4.23. The van der Waals surface area contributed by atoms with Gasteiger partial charge in [-0.1, -0.05) is 12.1 Å². The van der Waals surface area contributed by atoms with E-state index in [9.17, 15) is 13.2 Å². The van der Waals surface area contributed by atoms with Crippen molar-refractivity contribution in [2.45, 2.75) is 6.18 Å². The summed E-state index contributed by atoms with van der Waals surface area (Å²) in [6.45, 7) is 0. The van der Waals surface area contributed by atoms with Crippen LogP contribution in [0, 0.1) is 6.07 Å². The van der Waals surface area contributed by atoms with E-state index in [4.69, 9.17) is 30.1 Å². The van der Waals surface area contributed by atoms with Crippen molar-refractivity contribution in [1.29, 1.82) is 0 Å². The first-order valence-corrected chi connectivity index (χ1v) is 8.53. The van der Waals surface area contributed by atoms with Gasteiger partial charge in [0.15, 0.2) is 0 Å². The molecule has 0 saturated carbocycles. The van der Waals surface area contributed by atoms with Crippen molar-refractivity contribution in [2.75, 3.05) is 0 Å². The van der Waals surface area contributed by atoms with Crippen molar-refractivity contribution < 1.29 is 13.2 Å². The van der Waals surface area contributed by atoms with Gasteiger partial charge >= 0.3 is 17.6 Å². The molecule has 1 aromatic rings. The van der Waals surface area contributed by atoms with Crippen LogP contribution in [0.4, 0.5) is 13.2 Å². The third-order valence-corrected chi connectivity index (χ3v) is 1.05. The molecule has 1 radical (unpaired) electrons. The first-order chi connectivity index (χ1) is 6.34. The van der Waals surface area contributed by atoms with Gasteiger partial charge in [-0.3, -0.25) is 0 Å². The second-order valence-corrected chi connectivity index (χ2v) is 8.47. The Morgan fingerprint density at radius 3 is 1.64 bits per heavy atom. The Morgan fingerprint density at radius 2 is 1.43 bits per heavy atom. The van der Waals surface area contributed by atoms with E-state index in [-0.39, 0.29) is 0 Å². The Hall–Kier alpha value is 0.412. The molecule has 0 unspecified atom stereocenters. The predicted octanol–water partition coefficient (Wildman–Crippen LogP) is 4.19. The molecule has 0 aliphatic carbocycles. The SMILES string of the molecule is FC(F)(F)c1cc[c]cc1.[Cl][Al]([Cl])[Cl]. The Bertz CT molecular complexity index is 247. The number of hydrogen-bond acceptors (Lipinski definition) is 0. The Labute approximate surface area is 96.6 Å². The minimum atomic E-state index is -4.23. The smallest absolute Gasteiger partial charge is 0.214 e. The highest BCUT2D eigenvalue weighted by atomic mass is 35.8. The second kappa shape index (κ2) is 6.82. The summed E-state index contributed by atoms with van der Waals surface area (Å²) in [5.74, 6) is 0. The van der Waals surface area contributed by atoms with Gasteiger partial charge in [0.05, 0.1) is 5.56 Å². The third-order valence-electron chi connectivity index (χ3n) is 1.05. The molecule has 7 heteroatoms. The second-order valence-electron chi connectivity index (χ2n) is 2.03. The Balaban J connectivity index is 0.000000364. The maximum absolute atomic E-state index is 11.8. The van der Waals surface area contributed by atoms with Gasteiger partial charge in [0.1, 0.15) is 0 Å². The van der Waals surface area contributed by atoms with Gasteiger partial charge < -0.3 is 0 Å². The topological polar surface area (TPSA) is 0 Å². The van der Waals surface area contributed by atoms with Crippen molar-refractivity contribution in [3.8, 4) is 0 Å². The van der Waals surface area contributed by atoms with E-state index >= 15 is 0 Å². The van der Waals surface area contributed by atoms with Crippen LogP contribution in [0.25, 0.3) is 0 Å². The van der Waals surface area contributed by atoms with E-state index in [1.807, 2.05) is 0 Å². The zero-order valence-corrected chi connectivity index (χ0v) is 10.1. The molecule has 0 aromatic heterocycles. The molecular weight excluding hydrogens is 274 g/mol. The lowest BCUT2D eigenvalue weighted by atomic mass is 10.2. The lowest BCUT2D eigenvalue weighted by Gasteiger charge is -2.03. The van der Waals surface area contributed by atoms with Crippen LogP contribution >= 0.6 is 30.1 Å². The fourth-order valence-corrected chi connectivity index (χ4v) is 0.576. The highest BCUT2D eigenvalue weighted by Gasteiger charge is 2.29. The summed E-state index contributed by atoms with van der Waals surface area (Å²) in [6, 6.07) is 6.95. The van der Waals surface area contributed by atoms with Crippen LogP contribution in [0.1, 0.15) is 5.56 Å². The van der Waals surface area contributed by atoms with E-state index < -0.39 is 23.1 Å². The number of alkyl halides is 3. The minimum absolute atomic E-state index is 0.633. The third kappa shape index (κ3) is 7.78. The van der Waals surface area contributed by atoms with Gasteiger partial charge in [0.25, 0.3) is 0 Å². The van der Waals surface area contributed by atoms with Crippen molar-refractivity contribution >= 4 is 41.5 Å². The molecule has 77 valence electrons. The molecule has 0 heterocycles. The van der Waals surface area contributed by atoms with Crippen LogP contribution < -0.4 is 0 Å². The molecule has 0 aliphatic rings. The molecule has 0 bridgehead atoms. The van der Waals surface area contributed by atoms with Gasteiger partial charge in [0, 0.05) is 0 Å². The zero-order valence-electron chi connectivity index (χ0n) is 6.65. The van der Waals surface area contributed by atoms with Gasteiger partial charge in [-0.05, 0) is 18.2 Å². The van der Waals surface area contributed by atoms with Crippen molar-refractivity contribution in [3.63, 3.8) is 0 Å². The van der Waals surface area contributed by atoms with Crippen LogP contribution in [0.5, 0.6) is 0 Å². The fraction of sp³-hybridized carbons (Fsp3) is 0.143. The van der Waals surface area contributed by atoms with E-state index in [2.05, 4.69) is 6.07 Å². The molecule has 0 nitrogen and oxygen atoms in total. The van der Waals surface area contributed by atoms with Crippen molar-refractivity contribution in [1.82, 2.24) is 0 Å². The van der Waals surface area contributed by atoms with Crippen LogP contribution in [-0.4, -0.2) is 11.4 Å². The highest BCUT2D eigenvalue weighted by Crippen LogP contribution is 2.28. The fourth-order valence-electron chi connectivity index (χ4n) is 0.576. The number of rotatable bonds is 0. The Kier molecular flexibility index (Phi) is 7.02. The monoisotopic (exact) mass is 277 g/mol. The van der Waals surface area contributed by atoms with E-state index in [1.54, 1.807) is 0 Å². The van der Waals surface area contributed by atoms with Gasteiger partial charge in [-0.15, -0.1) is 0 Å². The summed E-state index contributed by atoms with van der Waals surface area (Å²) in [5.41, 5.74) is -0.633. The van der Waals surface area contributed by atoms with Gasteiger partial charge in [-0.2, -0.15) is 13.2 Å². The van der Waals surface area contributed by atoms with Crippen LogP contribution in [0.2, 0.25) is 0 Å². The normalized spacial score (nSPS) is 10.1. The summed E-state index contributed by atoms with van der Waals surface area (Å²) < 4.78 is 35.3. The van der Waals surface area contributed by atoms with E-state index in [0.717, 1.165) is 12.1 Å². The average molecular weight is 278 g/mol. The number of benzene rings is 1. The molecule has 1 rings (SSSR count). The lowest BCUT2D eigenvalue weighted by Crippen LogP contribution is -2.03. The maximum Gasteiger partial charge on any atom is 0.643 e. The molecule has 0 atom stereocenters. The van der Waals surface area contributed by atoms with Crippen LogP contribution in [-0.2, 0) is 6.18 Å². The molecule has 14 heavy (non-hydrogen) atoms. The standard InChI is InChI=1S/C7H4F3.Al.3ClH/c8-7(9,10)6-4-2-1-3-5-6;;;;/h2-5H;;3*1H/q;+3;;;/p-3. The summed E-state index contributed by atoms with van der Waals surface area (Å²) in [5, 5.41) is 0. The van der Waals surface area contributed by atoms with E-state index in [0.29, 0.717) is 0 Å². The molecule has 0 N–H and O–H groups in total. The van der Waals surface area contributed by atoms with Gasteiger partial charge in [0.2, 0.25) is 0 Å².